The third-order valence-corrected chi connectivity index (χ3v) is 2.84. The molecule has 0 saturated heterocycles. The number of hydrogen-bond donors (Lipinski definition) is 0. The number of rotatable bonds is 2. The molecule has 0 atom stereocenters. The zero-order valence-corrected chi connectivity index (χ0v) is 7.56. The highest BCUT2D eigenvalue weighted by Gasteiger charge is 2.04. The summed E-state index contributed by atoms with van der Waals surface area (Å²) in [6, 6.07) is 0. The number of aldehydes is 1. The minimum Gasteiger partial charge on any atom is -0.295 e. The molecule has 2 heterocycles. The first kappa shape index (κ1) is 7.57. The zero-order valence-electron chi connectivity index (χ0n) is 5.93. The molecule has 0 aliphatic rings. The van der Waals surface area contributed by atoms with Gasteiger partial charge >= 0.3 is 0 Å². The van der Waals surface area contributed by atoms with Crippen molar-refractivity contribution in [1.29, 1.82) is 0 Å². The molecule has 0 spiro atoms. The molecule has 0 bridgehead atoms. The van der Waals surface area contributed by atoms with Gasteiger partial charge in [0.05, 0.1) is 0 Å². The van der Waals surface area contributed by atoms with E-state index in [0.29, 0.717) is 5.01 Å². The molecule has 0 aromatic carbocycles. The predicted octanol–water partition coefficient (Wildman–Crippen LogP) is 2.08. The monoisotopic (exact) mass is 196 g/mol. The fraction of sp³-hybridized carbons (Fsp3) is 0. The minimum absolute atomic E-state index is 0.500. The second-order valence-electron chi connectivity index (χ2n) is 2.03. The average Bonchev–Trinajstić information content (AvgIpc) is 2.75. The van der Waals surface area contributed by atoms with Crippen LogP contribution in [-0.2, 0) is 0 Å². The van der Waals surface area contributed by atoms with Crippen molar-refractivity contribution in [3.63, 3.8) is 0 Å². The minimum atomic E-state index is 0.500. The molecule has 2 aromatic rings. The van der Waals surface area contributed by atoms with E-state index in [0.717, 1.165) is 17.0 Å². The second kappa shape index (κ2) is 3.12. The van der Waals surface area contributed by atoms with Gasteiger partial charge in [0.2, 0.25) is 0 Å². The normalized spacial score (nSPS) is 10.0. The van der Waals surface area contributed by atoms with Gasteiger partial charge in [-0.25, -0.2) is 9.97 Å². The highest BCUT2D eigenvalue weighted by Crippen LogP contribution is 2.22. The average molecular weight is 196 g/mol. The Morgan fingerprint density at radius 3 is 2.92 bits per heavy atom. The van der Waals surface area contributed by atoms with E-state index in [1.165, 1.54) is 22.7 Å². The predicted molar refractivity (Wildman–Crippen MR) is 48.6 cm³/mol. The first-order valence-electron chi connectivity index (χ1n) is 3.21. The van der Waals surface area contributed by atoms with E-state index in [2.05, 4.69) is 9.97 Å². The third kappa shape index (κ3) is 1.28. The van der Waals surface area contributed by atoms with Gasteiger partial charge in [-0.2, -0.15) is 0 Å². The maximum atomic E-state index is 10.3. The van der Waals surface area contributed by atoms with Crippen LogP contribution >= 0.6 is 22.7 Å². The van der Waals surface area contributed by atoms with Crippen molar-refractivity contribution in [1.82, 2.24) is 9.97 Å². The maximum absolute atomic E-state index is 10.3. The molecule has 2 rings (SSSR count). The molecule has 0 radical (unpaired) electrons. The molecular formula is C7H4N2OS2. The molecule has 0 amide bonds. The zero-order chi connectivity index (χ0) is 8.39. The third-order valence-electron chi connectivity index (χ3n) is 1.27. The molecule has 0 aliphatic carbocycles. The number of hydrogen-bond acceptors (Lipinski definition) is 5. The van der Waals surface area contributed by atoms with E-state index < -0.39 is 0 Å². The highest BCUT2D eigenvalue weighted by molar-refractivity contribution is 7.14. The largest absolute Gasteiger partial charge is 0.295 e. The van der Waals surface area contributed by atoms with Crippen molar-refractivity contribution in [2.45, 2.75) is 0 Å². The molecule has 0 unspecified atom stereocenters. The summed E-state index contributed by atoms with van der Waals surface area (Å²) in [6.07, 6.45) is 2.47. The molecular weight excluding hydrogens is 192 g/mol. The van der Waals surface area contributed by atoms with E-state index in [4.69, 9.17) is 0 Å². The van der Waals surface area contributed by atoms with Crippen molar-refractivity contribution in [2.24, 2.45) is 0 Å². The lowest BCUT2D eigenvalue weighted by Crippen LogP contribution is -1.77. The van der Waals surface area contributed by atoms with E-state index in [1.807, 2.05) is 10.8 Å². The van der Waals surface area contributed by atoms with Crippen LogP contribution in [-0.4, -0.2) is 16.3 Å². The SMILES string of the molecule is O=Cc1nc(-c2nccs2)cs1. The molecule has 0 saturated carbocycles. The molecule has 0 fully saturated rings. The Morgan fingerprint density at radius 1 is 1.42 bits per heavy atom. The Kier molecular flexibility index (Phi) is 1.97. The fourth-order valence-corrected chi connectivity index (χ4v) is 2.07. The smallest absolute Gasteiger partial charge is 0.178 e. The van der Waals surface area contributed by atoms with E-state index >= 15 is 0 Å². The summed E-state index contributed by atoms with van der Waals surface area (Å²) in [7, 11) is 0. The van der Waals surface area contributed by atoms with Crippen LogP contribution in [0.15, 0.2) is 17.0 Å². The van der Waals surface area contributed by atoms with Crippen LogP contribution in [0.3, 0.4) is 0 Å². The quantitative estimate of drug-likeness (QED) is 0.691. The van der Waals surface area contributed by atoms with E-state index in [1.54, 1.807) is 6.20 Å². The van der Waals surface area contributed by atoms with Gasteiger partial charge in [-0.3, -0.25) is 4.79 Å². The lowest BCUT2D eigenvalue weighted by Gasteiger charge is -1.83. The first-order chi connectivity index (χ1) is 5.90. The van der Waals surface area contributed by atoms with Crippen molar-refractivity contribution < 1.29 is 4.79 Å². The second-order valence-corrected chi connectivity index (χ2v) is 3.81. The van der Waals surface area contributed by atoms with Gasteiger partial charge < -0.3 is 0 Å². The lowest BCUT2D eigenvalue weighted by molar-refractivity contribution is 0.112. The molecule has 2 aromatic heterocycles. The van der Waals surface area contributed by atoms with Crippen LogP contribution in [0.2, 0.25) is 0 Å². The van der Waals surface area contributed by atoms with Crippen molar-refractivity contribution >= 4 is 29.0 Å². The lowest BCUT2D eigenvalue weighted by atomic mass is 10.5. The van der Waals surface area contributed by atoms with Gasteiger partial charge in [0.15, 0.2) is 11.3 Å². The molecule has 0 aliphatic heterocycles. The van der Waals surface area contributed by atoms with Gasteiger partial charge in [0.25, 0.3) is 0 Å². The summed E-state index contributed by atoms with van der Waals surface area (Å²) in [6.45, 7) is 0. The van der Waals surface area contributed by atoms with Gasteiger partial charge in [0.1, 0.15) is 10.7 Å². The number of carbonyl (C=O) groups excluding carboxylic acids is 1. The summed E-state index contributed by atoms with van der Waals surface area (Å²) < 4.78 is 0. The number of nitrogens with zero attached hydrogens (tertiary/aromatic N) is 2. The molecule has 12 heavy (non-hydrogen) atoms. The van der Waals surface area contributed by atoms with Crippen molar-refractivity contribution in [3.05, 3.63) is 22.0 Å². The molecule has 60 valence electrons. The molecule has 0 N–H and O–H groups in total. The van der Waals surface area contributed by atoms with Gasteiger partial charge in [-0.15, -0.1) is 22.7 Å². The summed E-state index contributed by atoms with van der Waals surface area (Å²) in [5, 5.41) is 5.08. The number of aromatic nitrogens is 2. The Hall–Kier alpha value is -1.07. The Bertz CT molecular complexity index is 380. The van der Waals surface area contributed by atoms with E-state index in [9.17, 15) is 4.79 Å². The van der Waals surface area contributed by atoms with Gasteiger partial charge in [0, 0.05) is 17.0 Å². The molecule has 3 nitrogen and oxygen atoms in total. The van der Waals surface area contributed by atoms with E-state index in [-0.39, 0.29) is 0 Å². The van der Waals surface area contributed by atoms with Gasteiger partial charge in [-0.05, 0) is 0 Å². The standard InChI is InChI=1S/C7H4N2OS2/c10-3-6-9-5(4-12-6)7-8-1-2-11-7/h1-4H. The van der Waals surface area contributed by atoms with Crippen molar-refractivity contribution in [3.8, 4) is 10.7 Å². The van der Waals surface area contributed by atoms with Crippen LogP contribution in [0.1, 0.15) is 9.80 Å². The van der Waals surface area contributed by atoms with Crippen LogP contribution < -0.4 is 0 Å². The highest BCUT2D eigenvalue weighted by atomic mass is 32.1. The summed E-state index contributed by atoms with van der Waals surface area (Å²) in [5.74, 6) is 0. The maximum Gasteiger partial charge on any atom is 0.178 e. The van der Waals surface area contributed by atoms with Crippen LogP contribution in [0, 0.1) is 0 Å². The topological polar surface area (TPSA) is 42.9 Å². The first-order valence-corrected chi connectivity index (χ1v) is 4.96. The van der Waals surface area contributed by atoms with Gasteiger partial charge in [-0.1, -0.05) is 0 Å². The summed E-state index contributed by atoms with van der Waals surface area (Å²) >= 11 is 2.85. The van der Waals surface area contributed by atoms with Crippen molar-refractivity contribution in [2.75, 3.05) is 0 Å². The Morgan fingerprint density at radius 2 is 2.33 bits per heavy atom. The van der Waals surface area contributed by atoms with Crippen LogP contribution in [0.5, 0.6) is 0 Å². The Labute approximate surface area is 76.7 Å². The van der Waals surface area contributed by atoms with Crippen LogP contribution in [0.4, 0.5) is 0 Å². The van der Waals surface area contributed by atoms with Crippen LogP contribution in [0.25, 0.3) is 10.7 Å². The molecule has 5 heteroatoms. The fourth-order valence-electron chi connectivity index (χ4n) is 0.790. The number of thiazole rings is 2. The number of carbonyl (C=O) groups is 1. The summed E-state index contributed by atoms with van der Waals surface area (Å²) in [4.78, 5) is 18.5. The summed E-state index contributed by atoms with van der Waals surface area (Å²) in [5.41, 5.74) is 0.789. The Balaban J connectivity index is 2.41.